The van der Waals surface area contributed by atoms with Gasteiger partial charge in [-0.15, -0.1) is 0 Å². The van der Waals surface area contributed by atoms with Gasteiger partial charge in [0.25, 0.3) is 0 Å². The van der Waals surface area contributed by atoms with Crippen LogP contribution in [0.2, 0.25) is 0 Å². The molecule has 0 aromatic carbocycles. The van der Waals surface area contributed by atoms with Crippen molar-refractivity contribution in [3.8, 4) is 0 Å². The Labute approximate surface area is 103 Å². The largest absolute Gasteiger partial charge is 0.326 e. The first-order valence-corrected chi connectivity index (χ1v) is 7.47. The highest BCUT2D eigenvalue weighted by molar-refractivity contribution is 7.90. The fourth-order valence-corrected chi connectivity index (χ4v) is 2.10. The van der Waals surface area contributed by atoms with Crippen molar-refractivity contribution in [1.82, 2.24) is 9.88 Å². The van der Waals surface area contributed by atoms with Crippen molar-refractivity contribution in [3.05, 3.63) is 29.6 Å². The van der Waals surface area contributed by atoms with Crippen molar-refractivity contribution in [1.29, 1.82) is 0 Å². The second kappa shape index (κ2) is 6.09. The second-order valence-corrected chi connectivity index (χ2v) is 6.44. The summed E-state index contributed by atoms with van der Waals surface area (Å²) in [5.41, 5.74) is 7.52. The molecule has 0 aliphatic rings. The summed E-state index contributed by atoms with van der Waals surface area (Å²) in [6, 6.07) is 3.79. The van der Waals surface area contributed by atoms with Crippen molar-refractivity contribution < 1.29 is 8.42 Å². The second-order valence-electron chi connectivity index (χ2n) is 4.18. The van der Waals surface area contributed by atoms with Gasteiger partial charge in [0.1, 0.15) is 9.84 Å². The van der Waals surface area contributed by atoms with Gasteiger partial charge < -0.3 is 5.73 Å². The smallest absolute Gasteiger partial charge is 0.148 e. The summed E-state index contributed by atoms with van der Waals surface area (Å²) in [6.07, 6.45) is 2.96. The molecule has 1 rings (SSSR count). The lowest BCUT2D eigenvalue weighted by Crippen LogP contribution is -2.26. The molecule has 0 atom stereocenters. The molecular weight excluding hydrogens is 238 g/mol. The molecule has 2 N–H and O–H groups in total. The van der Waals surface area contributed by atoms with E-state index in [9.17, 15) is 8.42 Å². The Hall–Kier alpha value is -0.980. The highest BCUT2D eigenvalue weighted by atomic mass is 32.2. The number of hydrogen-bond acceptors (Lipinski definition) is 5. The van der Waals surface area contributed by atoms with E-state index in [0.717, 1.165) is 11.3 Å². The van der Waals surface area contributed by atoms with Gasteiger partial charge in [0.2, 0.25) is 0 Å². The molecule has 0 aliphatic carbocycles. The summed E-state index contributed by atoms with van der Waals surface area (Å²) in [6.45, 7) is 1.56. The minimum atomic E-state index is -2.91. The molecule has 17 heavy (non-hydrogen) atoms. The number of nitrogens with zero attached hydrogens (tertiary/aromatic N) is 2. The molecular formula is C11H19N3O2S. The van der Waals surface area contributed by atoms with Crippen LogP contribution in [0, 0.1) is 0 Å². The van der Waals surface area contributed by atoms with Crippen LogP contribution < -0.4 is 5.73 Å². The van der Waals surface area contributed by atoms with E-state index in [4.69, 9.17) is 5.73 Å². The zero-order valence-corrected chi connectivity index (χ0v) is 11.1. The highest BCUT2D eigenvalue weighted by Crippen LogP contribution is 2.06. The minimum Gasteiger partial charge on any atom is -0.326 e. The van der Waals surface area contributed by atoms with Crippen molar-refractivity contribution in [2.24, 2.45) is 5.73 Å². The summed E-state index contributed by atoms with van der Waals surface area (Å²) in [5, 5.41) is 0. The predicted molar refractivity (Wildman–Crippen MR) is 68.2 cm³/mol. The number of aromatic nitrogens is 1. The lowest BCUT2D eigenvalue weighted by Gasteiger charge is -2.17. The van der Waals surface area contributed by atoms with Crippen LogP contribution in [-0.2, 0) is 22.9 Å². The van der Waals surface area contributed by atoms with Crippen LogP contribution in [0.25, 0.3) is 0 Å². The molecule has 0 saturated heterocycles. The third-order valence-electron chi connectivity index (χ3n) is 2.47. The van der Waals surface area contributed by atoms with E-state index in [1.54, 1.807) is 6.20 Å². The van der Waals surface area contributed by atoms with E-state index >= 15 is 0 Å². The summed E-state index contributed by atoms with van der Waals surface area (Å²) in [4.78, 5) is 6.20. The molecule has 1 aromatic heterocycles. The van der Waals surface area contributed by atoms with E-state index < -0.39 is 9.84 Å². The van der Waals surface area contributed by atoms with Crippen LogP contribution in [0.3, 0.4) is 0 Å². The normalized spacial score (nSPS) is 12.0. The topological polar surface area (TPSA) is 76.3 Å². The Balaban J connectivity index is 2.59. The van der Waals surface area contributed by atoms with Gasteiger partial charge in [0.05, 0.1) is 11.4 Å². The molecule has 0 spiro atoms. The molecule has 0 radical (unpaired) electrons. The summed E-state index contributed by atoms with van der Waals surface area (Å²) in [7, 11) is -1.04. The van der Waals surface area contributed by atoms with Crippen molar-refractivity contribution in [3.63, 3.8) is 0 Å². The molecule has 0 unspecified atom stereocenters. The first-order valence-electron chi connectivity index (χ1n) is 5.41. The van der Waals surface area contributed by atoms with Crippen LogP contribution in [0.5, 0.6) is 0 Å². The van der Waals surface area contributed by atoms with E-state index in [0.29, 0.717) is 19.6 Å². The zero-order valence-electron chi connectivity index (χ0n) is 10.3. The monoisotopic (exact) mass is 257 g/mol. The number of nitrogens with two attached hydrogens (primary N) is 1. The Kier molecular flexibility index (Phi) is 5.04. The summed E-state index contributed by atoms with van der Waals surface area (Å²) in [5.74, 6) is 0.161. The quantitative estimate of drug-likeness (QED) is 0.777. The number of hydrogen-bond donors (Lipinski definition) is 1. The van der Waals surface area contributed by atoms with Crippen molar-refractivity contribution in [2.45, 2.75) is 13.1 Å². The lowest BCUT2D eigenvalue weighted by molar-refractivity contribution is 0.340. The van der Waals surface area contributed by atoms with Gasteiger partial charge in [-0.3, -0.25) is 9.88 Å². The summed E-state index contributed by atoms with van der Waals surface area (Å²) < 4.78 is 22.1. The number of sulfone groups is 1. The minimum absolute atomic E-state index is 0.161. The fourth-order valence-electron chi connectivity index (χ4n) is 1.46. The van der Waals surface area contributed by atoms with Crippen LogP contribution in [0.4, 0.5) is 0 Å². The zero-order chi connectivity index (χ0) is 12.9. The van der Waals surface area contributed by atoms with Gasteiger partial charge in [-0.2, -0.15) is 0 Å². The molecule has 0 amide bonds. The van der Waals surface area contributed by atoms with E-state index in [2.05, 4.69) is 4.98 Å². The van der Waals surface area contributed by atoms with Gasteiger partial charge in [-0.1, -0.05) is 6.07 Å². The lowest BCUT2D eigenvalue weighted by atomic mass is 10.2. The van der Waals surface area contributed by atoms with Crippen LogP contribution >= 0.6 is 0 Å². The Morgan fingerprint density at radius 1 is 1.47 bits per heavy atom. The average Bonchev–Trinajstić information content (AvgIpc) is 2.26. The van der Waals surface area contributed by atoms with Gasteiger partial charge in [-0.05, 0) is 18.7 Å². The maximum Gasteiger partial charge on any atom is 0.148 e. The first-order chi connectivity index (χ1) is 7.92. The molecule has 0 fully saturated rings. The highest BCUT2D eigenvalue weighted by Gasteiger charge is 2.08. The molecule has 0 saturated carbocycles. The average molecular weight is 257 g/mol. The SMILES string of the molecule is CN(CCS(C)(=O)=O)Cc1ncccc1CN. The molecule has 1 heterocycles. The van der Waals surface area contributed by atoms with E-state index in [1.165, 1.54) is 6.26 Å². The molecule has 0 aliphatic heterocycles. The van der Waals surface area contributed by atoms with E-state index in [1.807, 2.05) is 24.1 Å². The number of rotatable bonds is 6. The van der Waals surface area contributed by atoms with Crippen LogP contribution in [-0.4, -0.2) is 43.9 Å². The molecule has 0 bridgehead atoms. The van der Waals surface area contributed by atoms with Gasteiger partial charge >= 0.3 is 0 Å². The third-order valence-corrected chi connectivity index (χ3v) is 3.39. The fraction of sp³-hybridized carbons (Fsp3) is 0.545. The first kappa shape index (κ1) is 14.1. The molecule has 1 aromatic rings. The summed E-state index contributed by atoms with van der Waals surface area (Å²) >= 11 is 0. The standard InChI is InChI=1S/C11H19N3O2S/c1-14(6-7-17(2,15)16)9-11-10(8-12)4-3-5-13-11/h3-5H,6-9,12H2,1-2H3. The van der Waals surface area contributed by atoms with Crippen molar-refractivity contribution in [2.75, 3.05) is 25.6 Å². The number of pyridine rings is 1. The Bertz CT molecular complexity index is 460. The van der Waals surface area contributed by atoms with Gasteiger partial charge in [0.15, 0.2) is 0 Å². The molecule has 5 nitrogen and oxygen atoms in total. The predicted octanol–water partition coefficient (Wildman–Crippen LogP) is 0.0167. The third kappa shape index (κ3) is 5.25. The molecule has 6 heteroatoms. The maximum absolute atomic E-state index is 11.0. The van der Waals surface area contributed by atoms with E-state index in [-0.39, 0.29) is 5.75 Å². The van der Waals surface area contributed by atoms with Crippen LogP contribution in [0.15, 0.2) is 18.3 Å². The maximum atomic E-state index is 11.0. The van der Waals surface area contributed by atoms with Gasteiger partial charge in [-0.25, -0.2) is 8.42 Å². The van der Waals surface area contributed by atoms with Gasteiger partial charge in [0, 0.05) is 32.1 Å². The van der Waals surface area contributed by atoms with Crippen LogP contribution in [0.1, 0.15) is 11.3 Å². The Morgan fingerprint density at radius 2 is 2.18 bits per heavy atom. The molecule has 96 valence electrons. The van der Waals surface area contributed by atoms with Crippen molar-refractivity contribution >= 4 is 9.84 Å². The Morgan fingerprint density at radius 3 is 2.76 bits per heavy atom.